The summed E-state index contributed by atoms with van der Waals surface area (Å²) in [7, 11) is 0. The first kappa shape index (κ1) is 15.8. The second-order valence-electron chi connectivity index (χ2n) is 4.25. The van der Waals surface area contributed by atoms with Crippen molar-refractivity contribution < 1.29 is 4.39 Å². The first-order chi connectivity index (χ1) is 8.67. The standard InChI is InChI=1S/C14H21ClFNS/c1-3-7-17-13(10-18-4-2)8-11-5-6-12(16)9-14(11)15/h5-6,9,13,17H,3-4,7-8,10H2,1-2H3. The van der Waals surface area contributed by atoms with E-state index in [4.69, 9.17) is 11.6 Å². The molecule has 1 aromatic rings. The molecule has 4 heteroatoms. The fourth-order valence-corrected chi connectivity index (χ4v) is 2.75. The highest BCUT2D eigenvalue weighted by Crippen LogP contribution is 2.19. The van der Waals surface area contributed by atoms with Crippen LogP contribution < -0.4 is 5.32 Å². The van der Waals surface area contributed by atoms with Crippen LogP contribution >= 0.6 is 23.4 Å². The van der Waals surface area contributed by atoms with E-state index in [-0.39, 0.29) is 5.82 Å². The third-order valence-electron chi connectivity index (χ3n) is 2.69. The zero-order chi connectivity index (χ0) is 13.4. The highest BCUT2D eigenvalue weighted by molar-refractivity contribution is 7.99. The predicted octanol–water partition coefficient (Wildman–Crippen LogP) is 4.14. The smallest absolute Gasteiger partial charge is 0.124 e. The van der Waals surface area contributed by atoms with E-state index in [1.165, 1.54) is 12.1 Å². The predicted molar refractivity (Wildman–Crippen MR) is 80.2 cm³/mol. The fraction of sp³-hybridized carbons (Fsp3) is 0.571. The average molecular weight is 290 g/mol. The van der Waals surface area contributed by atoms with E-state index in [0.29, 0.717) is 11.1 Å². The number of benzene rings is 1. The van der Waals surface area contributed by atoms with Crippen molar-refractivity contribution in [2.45, 2.75) is 32.7 Å². The molecule has 0 radical (unpaired) electrons. The van der Waals surface area contributed by atoms with Gasteiger partial charge in [0.25, 0.3) is 0 Å². The van der Waals surface area contributed by atoms with Gasteiger partial charge in [0.1, 0.15) is 5.82 Å². The Morgan fingerprint density at radius 2 is 2.17 bits per heavy atom. The molecule has 1 aromatic carbocycles. The third-order valence-corrected chi connectivity index (χ3v) is 4.09. The van der Waals surface area contributed by atoms with Crippen molar-refractivity contribution >= 4 is 23.4 Å². The topological polar surface area (TPSA) is 12.0 Å². The Morgan fingerprint density at radius 3 is 2.78 bits per heavy atom. The number of nitrogens with one attached hydrogen (secondary N) is 1. The van der Waals surface area contributed by atoms with Crippen molar-refractivity contribution in [2.24, 2.45) is 0 Å². The lowest BCUT2D eigenvalue weighted by Crippen LogP contribution is -2.34. The average Bonchev–Trinajstić information content (AvgIpc) is 2.35. The molecule has 0 aliphatic carbocycles. The van der Waals surface area contributed by atoms with E-state index < -0.39 is 0 Å². The molecule has 1 N–H and O–H groups in total. The summed E-state index contributed by atoms with van der Waals surface area (Å²) < 4.78 is 13.0. The molecule has 0 aliphatic heterocycles. The van der Waals surface area contributed by atoms with Gasteiger partial charge in [-0.3, -0.25) is 0 Å². The van der Waals surface area contributed by atoms with Gasteiger partial charge in [-0.25, -0.2) is 4.39 Å². The van der Waals surface area contributed by atoms with Crippen LogP contribution in [0.2, 0.25) is 5.02 Å². The van der Waals surface area contributed by atoms with Crippen molar-refractivity contribution in [1.82, 2.24) is 5.32 Å². The minimum Gasteiger partial charge on any atom is -0.313 e. The number of halogens is 2. The summed E-state index contributed by atoms with van der Waals surface area (Å²) >= 11 is 7.98. The second-order valence-corrected chi connectivity index (χ2v) is 5.98. The Balaban J connectivity index is 2.62. The number of hydrogen-bond acceptors (Lipinski definition) is 2. The molecule has 18 heavy (non-hydrogen) atoms. The van der Waals surface area contributed by atoms with Gasteiger partial charge >= 0.3 is 0 Å². The van der Waals surface area contributed by atoms with Gasteiger partial charge in [-0.1, -0.05) is 31.5 Å². The lowest BCUT2D eigenvalue weighted by molar-refractivity contribution is 0.549. The maximum absolute atomic E-state index is 13.0. The highest BCUT2D eigenvalue weighted by Gasteiger charge is 2.11. The van der Waals surface area contributed by atoms with Crippen LogP contribution in [0.4, 0.5) is 4.39 Å². The summed E-state index contributed by atoms with van der Waals surface area (Å²) in [5, 5.41) is 4.05. The largest absolute Gasteiger partial charge is 0.313 e. The van der Waals surface area contributed by atoms with Gasteiger partial charge in [-0.2, -0.15) is 11.8 Å². The monoisotopic (exact) mass is 289 g/mol. The highest BCUT2D eigenvalue weighted by atomic mass is 35.5. The number of thioether (sulfide) groups is 1. The van der Waals surface area contributed by atoms with Crippen LogP contribution in [0.5, 0.6) is 0 Å². The molecular formula is C14H21ClFNS. The van der Waals surface area contributed by atoms with Crippen LogP contribution in [0.15, 0.2) is 18.2 Å². The van der Waals surface area contributed by atoms with Gasteiger partial charge in [0.15, 0.2) is 0 Å². The molecule has 0 aliphatic rings. The van der Waals surface area contributed by atoms with Crippen molar-refractivity contribution in [3.05, 3.63) is 34.6 Å². The van der Waals surface area contributed by atoms with Crippen molar-refractivity contribution in [3.8, 4) is 0 Å². The van der Waals surface area contributed by atoms with Gasteiger partial charge in [-0.15, -0.1) is 0 Å². The normalized spacial score (nSPS) is 12.7. The molecule has 0 saturated carbocycles. The van der Waals surface area contributed by atoms with E-state index >= 15 is 0 Å². The molecule has 0 spiro atoms. The van der Waals surface area contributed by atoms with Crippen LogP contribution in [-0.2, 0) is 6.42 Å². The Hall–Kier alpha value is -0.250. The lowest BCUT2D eigenvalue weighted by atomic mass is 10.1. The Bertz CT molecular complexity index is 352. The van der Waals surface area contributed by atoms with Gasteiger partial charge in [-0.05, 0) is 42.8 Å². The lowest BCUT2D eigenvalue weighted by Gasteiger charge is -2.18. The van der Waals surface area contributed by atoms with Gasteiger partial charge < -0.3 is 5.32 Å². The third kappa shape index (κ3) is 5.59. The van der Waals surface area contributed by atoms with E-state index in [0.717, 1.165) is 36.5 Å². The summed E-state index contributed by atoms with van der Waals surface area (Å²) in [4.78, 5) is 0. The molecule has 1 nitrogen and oxygen atoms in total. The van der Waals surface area contributed by atoms with E-state index in [1.54, 1.807) is 6.07 Å². The maximum atomic E-state index is 13.0. The van der Waals surface area contributed by atoms with E-state index in [9.17, 15) is 4.39 Å². The molecule has 102 valence electrons. The Labute approximate surface area is 118 Å². The molecule has 0 saturated heterocycles. The fourth-order valence-electron chi connectivity index (χ4n) is 1.75. The molecule has 0 heterocycles. The van der Waals surface area contributed by atoms with Gasteiger partial charge in [0.05, 0.1) is 0 Å². The van der Waals surface area contributed by atoms with Crippen molar-refractivity contribution in [3.63, 3.8) is 0 Å². The zero-order valence-corrected chi connectivity index (χ0v) is 12.6. The number of rotatable bonds is 8. The van der Waals surface area contributed by atoms with Gasteiger partial charge in [0, 0.05) is 16.8 Å². The summed E-state index contributed by atoms with van der Waals surface area (Å²) in [6, 6.07) is 5.05. The van der Waals surface area contributed by atoms with E-state index in [2.05, 4.69) is 19.2 Å². The van der Waals surface area contributed by atoms with Crippen LogP contribution in [-0.4, -0.2) is 24.1 Å². The number of hydrogen-bond donors (Lipinski definition) is 1. The Morgan fingerprint density at radius 1 is 1.39 bits per heavy atom. The first-order valence-electron chi connectivity index (χ1n) is 6.42. The summed E-state index contributed by atoms with van der Waals surface area (Å²) in [6.45, 7) is 5.32. The molecule has 1 atom stereocenters. The second kappa shape index (κ2) is 8.78. The SMILES string of the molecule is CCCNC(CSCC)Cc1ccc(F)cc1Cl. The van der Waals surface area contributed by atoms with Crippen molar-refractivity contribution in [2.75, 3.05) is 18.1 Å². The molecule has 0 bridgehead atoms. The minimum atomic E-state index is -0.273. The molecule has 0 fully saturated rings. The van der Waals surface area contributed by atoms with E-state index in [1.807, 2.05) is 11.8 Å². The van der Waals surface area contributed by atoms with Crippen LogP contribution in [0.3, 0.4) is 0 Å². The van der Waals surface area contributed by atoms with Crippen LogP contribution in [0.25, 0.3) is 0 Å². The minimum absolute atomic E-state index is 0.273. The van der Waals surface area contributed by atoms with Gasteiger partial charge in [0.2, 0.25) is 0 Å². The Kier molecular flexibility index (Phi) is 7.71. The quantitative estimate of drug-likeness (QED) is 0.772. The summed E-state index contributed by atoms with van der Waals surface area (Å²) in [5.74, 6) is 1.90. The molecule has 0 aromatic heterocycles. The zero-order valence-electron chi connectivity index (χ0n) is 11.0. The van der Waals surface area contributed by atoms with Crippen LogP contribution in [0, 0.1) is 5.82 Å². The molecular weight excluding hydrogens is 269 g/mol. The van der Waals surface area contributed by atoms with Crippen molar-refractivity contribution in [1.29, 1.82) is 0 Å². The maximum Gasteiger partial charge on any atom is 0.124 e. The summed E-state index contributed by atoms with van der Waals surface area (Å²) in [6.07, 6.45) is 1.97. The summed E-state index contributed by atoms with van der Waals surface area (Å²) in [5.41, 5.74) is 1.02. The molecule has 1 unspecified atom stereocenters. The molecule has 0 amide bonds. The molecule has 1 rings (SSSR count). The van der Waals surface area contributed by atoms with Crippen LogP contribution in [0.1, 0.15) is 25.8 Å². The first-order valence-corrected chi connectivity index (χ1v) is 7.95.